The molecule has 9 nitrogen and oxygen atoms in total. The number of carbonyl (C=O) groups excluding carboxylic acids is 2. The van der Waals surface area contributed by atoms with E-state index in [1.807, 2.05) is 43.9 Å². The van der Waals surface area contributed by atoms with Gasteiger partial charge < -0.3 is 14.2 Å². The lowest BCUT2D eigenvalue weighted by atomic mass is 9.79. The number of rotatable bonds is 0. The van der Waals surface area contributed by atoms with Crippen LogP contribution in [0.4, 0.5) is 9.59 Å². The molecule has 7 aliphatic heterocycles. The second-order valence-corrected chi connectivity index (χ2v) is 15.5. The first kappa shape index (κ1) is 33.8. The Balaban J connectivity index is 1.41. The van der Waals surface area contributed by atoms with Gasteiger partial charge in [0.2, 0.25) is 0 Å². The van der Waals surface area contributed by atoms with E-state index in [-0.39, 0.29) is 12.1 Å². The van der Waals surface area contributed by atoms with E-state index in [0.29, 0.717) is 64.1 Å². The van der Waals surface area contributed by atoms with Crippen LogP contribution in [-0.2, 0) is 42.2 Å². The van der Waals surface area contributed by atoms with Crippen LogP contribution >= 0.6 is 0 Å². The zero-order chi connectivity index (χ0) is 37.1. The summed E-state index contributed by atoms with van der Waals surface area (Å²) in [6.07, 6.45) is 0. The van der Waals surface area contributed by atoms with Crippen molar-refractivity contribution in [1.29, 1.82) is 0 Å². The Kier molecular flexibility index (Phi) is 7.49. The molecule has 53 heavy (non-hydrogen) atoms. The van der Waals surface area contributed by atoms with E-state index < -0.39 is 11.3 Å². The number of ether oxygens (including phenoxy) is 3. The van der Waals surface area contributed by atoms with Gasteiger partial charge in [-0.25, -0.2) is 9.59 Å². The van der Waals surface area contributed by atoms with Crippen molar-refractivity contribution in [1.82, 2.24) is 19.6 Å². The molecule has 9 heteroatoms. The zero-order valence-corrected chi connectivity index (χ0v) is 32.1. The van der Waals surface area contributed by atoms with E-state index in [9.17, 15) is 0 Å². The molecule has 0 N–H and O–H groups in total. The fraction of sp³-hybridized carbons (Fsp3) is 0.409. The van der Waals surface area contributed by atoms with Crippen LogP contribution < -0.4 is 9.47 Å². The highest BCUT2D eigenvalue weighted by molar-refractivity contribution is 5.91. The molecule has 11 rings (SSSR count). The molecule has 4 bridgehead atoms. The van der Waals surface area contributed by atoms with Crippen LogP contribution in [0.1, 0.15) is 77.9 Å². The molecule has 4 amide bonds. The number of nitrogens with zero attached hydrogens (tertiary/aromatic N) is 4. The van der Waals surface area contributed by atoms with Crippen LogP contribution in [0, 0.1) is 55.4 Å². The second kappa shape index (κ2) is 11.7. The van der Waals surface area contributed by atoms with E-state index in [4.69, 9.17) is 14.2 Å². The summed E-state index contributed by atoms with van der Waals surface area (Å²) in [6.45, 7) is 20.5. The summed E-state index contributed by atoms with van der Waals surface area (Å²) in [6, 6.07) is 16.0. The molecule has 4 aromatic rings. The van der Waals surface area contributed by atoms with Crippen molar-refractivity contribution >= 4 is 12.1 Å². The molecule has 4 aromatic carbocycles. The first-order valence-electron chi connectivity index (χ1n) is 18.8. The summed E-state index contributed by atoms with van der Waals surface area (Å²) in [5.41, 5.74) is 13.3. The molecule has 2 fully saturated rings. The van der Waals surface area contributed by atoms with E-state index in [0.717, 1.165) is 33.4 Å². The quantitative estimate of drug-likeness (QED) is 0.186. The van der Waals surface area contributed by atoms with E-state index in [1.165, 1.54) is 44.5 Å². The highest BCUT2D eigenvalue weighted by Crippen LogP contribution is 2.66. The summed E-state index contributed by atoms with van der Waals surface area (Å²) >= 11 is 0. The number of carbonyl (C=O) groups is 2. The minimum absolute atomic E-state index is 0.0917. The Morgan fingerprint density at radius 2 is 0.698 bits per heavy atom. The predicted molar refractivity (Wildman–Crippen MR) is 202 cm³/mol. The van der Waals surface area contributed by atoms with Gasteiger partial charge >= 0.3 is 12.1 Å². The molecule has 0 aliphatic carbocycles. The minimum Gasteiger partial charge on any atom is -0.491 e. The number of urea groups is 2. The molecule has 0 unspecified atom stereocenters. The van der Waals surface area contributed by atoms with Gasteiger partial charge in [0.25, 0.3) is 0 Å². The van der Waals surface area contributed by atoms with Gasteiger partial charge in [-0.15, -0.1) is 0 Å². The van der Waals surface area contributed by atoms with Crippen molar-refractivity contribution in [3.8, 4) is 11.5 Å². The van der Waals surface area contributed by atoms with Gasteiger partial charge in [0.15, 0.2) is 11.3 Å². The fourth-order valence-electron chi connectivity index (χ4n) is 10.2. The first-order chi connectivity index (χ1) is 25.4. The highest BCUT2D eigenvalue weighted by atomic mass is 16.5. The van der Waals surface area contributed by atoms with Crippen molar-refractivity contribution in [3.63, 3.8) is 0 Å². The molecule has 274 valence electrons. The first-order valence-corrected chi connectivity index (χ1v) is 18.8. The van der Waals surface area contributed by atoms with Gasteiger partial charge in [0.1, 0.15) is 24.7 Å². The van der Waals surface area contributed by atoms with Crippen molar-refractivity contribution in [2.45, 2.75) is 92.9 Å². The van der Waals surface area contributed by atoms with Gasteiger partial charge in [-0.3, -0.25) is 19.6 Å². The average Bonchev–Trinajstić information content (AvgIpc) is 3.32. The summed E-state index contributed by atoms with van der Waals surface area (Å²) in [7, 11) is 0. The summed E-state index contributed by atoms with van der Waals surface area (Å²) in [4.78, 5) is 39.8. The SMILES string of the molecule is Cc1c(C)c(C)c2c(c1C)CN1C(=O)N3Cc4c(C)c(C)c(C)c(C)c4CN4C(=O)N(C2)C12c1ccc(cc1)OCCOCCOc1ccc(cc1)C342. The van der Waals surface area contributed by atoms with Gasteiger partial charge in [-0.2, -0.15) is 0 Å². The topological polar surface area (TPSA) is 74.8 Å². The molecular weight excluding hydrogens is 665 g/mol. The lowest BCUT2D eigenvalue weighted by Crippen LogP contribution is -2.62. The Bertz CT molecular complexity index is 1980. The summed E-state index contributed by atoms with van der Waals surface area (Å²) < 4.78 is 18.0. The molecule has 0 aromatic heterocycles. The smallest absolute Gasteiger partial charge is 0.325 e. The monoisotopic (exact) mass is 712 g/mol. The van der Waals surface area contributed by atoms with Crippen LogP contribution in [0.25, 0.3) is 0 Å². The zero-order valence-electron chi connectivity index (χ0n) is 32.1. The van der Waals surface area contributed by atoms with Crippen LogP contribution in [0.5, 0.6) is 11.5 Å². The van der Waals surface area contributed by atoms with E-state index in [2.05, 4.69) is 79.7 Å². The molecule has 0 saturated carbocycles. The second-order valence-electron chi connectivity index (χ2n) is 15.5. The molecule has 0 radical (unpaired) electrons. The maximum atomic E-state index is 15.8. The third-order valence-corrected chi connectivity index (χ3v) is 13.7. The Morgan fingerprint density at radius 1 is 0.415 bits per heavy atom. The number of amides is 4. The van der Waals surface area contributed by atoms with Crippen molar-refractivity contribution < 1.29 is 23.8 Å². The third-order valence-electron chi connectivity index (χ3n) is 13.7. The van der Waals surface area contributed by atoms with Gasteiger partial charge in [-0.1, -0.05) is 24.3 Å². The summed E-state index contributed by atoms with van der Waals surface area (Å²) in [5.74, 6) is 1.41. The van der Waals surface area contributed by atoms with Crippen molar-refractivity contribution in [3.05, 3.63) is 126 Å². The van der Waals surface area contributed by atoms with Crippen LogP contribution in [0.15, 0.2) is 48.5 Å². The molecule has 7 heterocycles. The predicted octanol–water partition coefficient (Wildman–Crippen LogP) is 7.85. The van der Waals surface area contributed by atoms with Crippen LogP contribution in [-0.4, -0.2) is 58.1 Å². The number of hydrogen-bond donors (Lipinski definition) is 0. The van der Waals surface area contributed by atoms with Crippen molar-refractivity contribution in [2.24, 2.45) is 0 Å². The lowest BCUT2D eigenvalue weighted by Gasteiger charge is -2.49. The molecule has 7 aliphatic rings. The number of hydrogen-bond acceptors (Lipinski definition) is 5. The lowest BCUT2D eigenvalue weighted by molar-refractivity contribution is -0.0794. The minimum atomic E-state index is -1.24. The van der Waals surface area contributed by atoms with Crippen LogP contribution in [0.3, 0.4) is 0 Å². The summed E-state index contributed by atoms with van der Waals surface area (Å²) in [5, 5.41) is 0. The molecular formula is C44H48N4O5. The van der Waals surface area contributed by atoms with Gasteiger partial charge in [-0.05, 0) is 146 Å². The van der Waals surface area contributed by atoms with Gasteiger partial charge in [0.05, 0.1) is 39.4 Å². The Hall–Kier alpha value is -5.02. The third kappa shape index (κ3) is 4.23. The molecule has 0 atom stereocenters. The van der Waals surface area contributed by atoms with Crippen molar-refractivity contribution in [2.75, 3.05) is 26.4 Å². The normalized spacial score (nSPS) is 23.2. The average molecular weight is 713 g/mol. The highest BCUT2D eigenvalue weighted by Gasteiger charge is 2.80. The van der Waals surface area contributed by atoms with Gasteiger partial charge in [0, 0.05) is 11.1 Å². The number of benzene rings is 4. The van der Waals surface area contributed by atoms with E-state index >= 15 is 9.59 Å². The molecule has 2 saturated heterocycles. The maximum Gasteiger partial charge on any atom is 0.325 e. The largest absolute Gasteiger partial charge is 0.491 e. The number of fused-ring (bicyclic) bond motifs is 4. The van der Waals surface area contributed by atoms with Crippen LogP contribution in [0.2, 0.25) is 0 Å². The fourth-order valence-corrected chi connectivity index (χ4v) is 10.2. The maximum absolute atomic E-state index is 15.8. The van der Waals surface area contributed by atoms with E-state index in [1.54, 1.807) is 0 Å². The molecule has 2 spiro atoms. The Labute approximate surface area is 312 Å². The Morgan fingerprint density at radius 3 is 0.981 bits per heavy atom. The standard InChI is InChI=1S/C44H48N4O5/c1-25-26(2)30(6)38-22-46-42(50)48-24-40-32(8)28(4)27(3)31(7)39(40)23-47-41(49)45(21-37(38)29(25)5)43(46)33-9-13-35(14-10-33)52-19-17-51-18-20-53-36-15-11-34(12-16-36)44(43,47)48/h9-16H,17-24H2,1-8H3.